The van der Waals surface area contributed by atoms with E-state index >= 15 is 0 Å². The summed E-state index contributed by atoms with van der Waals surface area (Å²) < 4.78 is 12.5. The molecule has 0 atom stereocenters. The maximum Gasteiger partial charge on any atom is 0.329 e. The Bertz CT molecular complexity index is 970. The third-order valence-corrected chi connectivity index (χ3v) is 5.15. The van der Waals surface area contributed by atoms with Crippen LogP contribution in [0.25, 0.3) is 6.08 Å². The summed E-state index contributed by atoms with van der Waals surface area (Å²) in [5.74, 6) is 0.831. The molecule has 0 aliphatic carbocycles. The summed E-state index contributed by atoms with van der Waals surface area (Å²) in [5, 5.41) is 2.63. The van der Waals surface area contributed by atoms with E-state index in [0.29, 0.717) is 42.2 Å². The number of urea groups is 1. The summed E-state index contributed by atoms with van der Waals surface area (Å²) in [6.07, 6.45) is 2.35. The molecule has 0 bridgehead atoms. The minimum absolute atomic E-state index is 0.246. The number of hydrogen-bond donors (Lipinski definition) is 1. The molecule has 0 radical (unpaired) electrons. The maximum atomic E-state index is 12.5. The van der Waals surface area contributed by atoms with Gasteiger partial charge < -0.3 is 14.8 Å². The molecule has 158 valence electrons. The van der Waals surface area contributed by atoms with Crippen molar-refractivity contribution in [3.05, 3.63) is 63.3 Å². The summed E-state index contributed by atoms with van der Waals surface area (Å²) in [4.78, 5) is 25.7. The number of benzene rings is 2. The number of amides is 3. The number of hydrogen-bond acceptors (Lipinski definition) is 4. The SMILES string of the molecule is CCCN1C(=O)N/C(=C/c2cc(Br)c(OCc3ccc(C)cc3)c(OCC)c2)C1=O. The van der Waals surface area contributed by atoms with Gasteiger partial charge in [-0.1, -0.05) is 36.8 Å². The second kappa shape index (κ2) is 9.80. The first-order valence-electron chi connectivity index (χ1n) is 9.92. The van der Waals surface area contributed by atoms with Crippen LogP contribution in [0.15, 0.2) is 46.6 Å². The van der Waals surface area contributed by atoms with E-state index in [-0.39, 0.29) is 11.6 Å². The van der Waals surface area contributed by atoms with E-state index in [1.807, 2.05) is 51.1 Å². The lowest BCUT2D eigenvalue weighted by Crippen LogP contribution is -2.31. The summed E-state index contributed by atoms with van der Waals surface area (Å²) in [7, 11) is 0. The van der Waals surface area contributed by atoms with Gasteiger partial charge in [-0.05, 0) is 65.5 Å². The molecular formula is C23H25BrN2O4. The Morgan fingerprint density at radius 2 is 1.83 bits per heavy atom. The molecule has 1 fully saturated rings. The lowest BCUT2D eigenvalue weighted by atomic mass is 10.1. The van der Waals surface area contributed by atoms with E-state index in [9.17, 15) is 9.59 Å². The lowest BCUT2D eigenvalue weighted by Gasteiger charge is -2.15. The number of aryl methyl sites for hydroxylation is 1. The van der Waals surface area contributed by atoms with Gasteiger partial charge in [0.15, 0.2) is 11.5 Å². The van der Waals surface area contributed by atoms with Crippen molar-refractivity contribution in [2.45, 2.75) is 33.8 Å². The standard InChI is InChI=1S/C23H25BrN2O4/c1-4-10-26-22(27)19(25-23(26)28)12-17-11-18(24)21(20(13-17)29-5-2)30-14-16-8-6-15(3)7-9-16/h6-9,11-13H,4-5,10,14H2,1-3H3,(H,25,28)/b19-12+. The second-order valence-corrected chi connectivity index (χ2v) is 7.84. The fraction of sp³-hybridized carbons (Fsp3) is 0.304. The molecule has 1 heterocycles. The predicted octanol–water partition coefficient (Wildman–Crippen LogP) is 5.04. The summed E-state index contributed by atoms with van der Waals surface area (Å²) in [6.45, 7) is 7.12. The Labute approximate surface area is 185 Å². The van der Waals surface area contributed by atoms with Crippen LogP contribution in [-0.4, -0.2) is 30.0 Å². The Kier molecular flexibility index (Phi) is 7.15. The van der Waals surface area contributed by atoms with Gasteiger partial charge in [-0.2, -0.15) is 0 Å². The van der Waals surface area contributed by atoms with Gasteiger partial charge in [-0.15, -0.1) is 0 Å². The number of carbonyl (C=O) groups excluding carboxylic acids is 2. The van der Waals surface area contributed by atoms with Crippen LogP contribution in [0.5, 0.6) is 11.5 Å². The summed E-state index contributed by atoms with van der Waals surface area (Å²) >= 11 is 3.55. The van der Waals surface area contributed by atoms with Crippen molar-refractivity contribution in [2.75, 3.05) is 13.2 Å². The van der Waals surface area contributed by atoms with Crippen LogP contribution in [0, 0.1) is 6.92 Å². The molecular weight excluding hydrogens is 448 g/mol. The van der Waals surface area contributed by atoms with E-state index in [0.717, 1.165) is 11.1 Å². The van der Waals surface area contributed by atoms with Gasteiger partial charge in [0.2, 0.25) is 0 Å². The molecule has 30 heavy (non-hydrogen) atoms. The van der Waals surface area contributed by atoms with Crippen molar-refractivity contribution in [1.82, 2.24) is 10.2 Å². The minimum atomic E-state index is -0.393. The number of nitrogens with zero attached hydrogens (tertiary/aromatic N) is 1. The Hall–Kier alpha value is -2.80. The molecule has 3 rings (SSSR count). The van der Waals surface area contributed by atoms with Crippen molar-refractivity contribution in [1.29, 1.82) is 0 Å². The van der Waals surface area contributed by atoms with E-state index < -0.39 is 6.03 Å². The highest BCUT2D eigenvalue weighted by atomic mass is 79.9. The smallest absolute Gasteiger partial charge is 0.329 e. The van der Waals surface area contributed by atoms with Crippen molar-refractivity contribution in [2.24, 2.45) is 0 Å². The summed E-state index contributed by atoms with van der Waals surface area (Å²) in [6, 6.07) is 11.4. The minimum Gasteiger partial charge on any atom is -0.490 e. The first kappa shape index (κ1) is 21.9. The molecule has 2 aromatic carbocycles. The number of rotatable bonds is 8. The molecule has 0 aromatic heterocycles. The van der Waals surface area contributed by atoms with Crippen molar-refractivity contribution >= 4 is 33.9 Å². The highest BCUT2D eigenvalue weighted by Gasteiger charge is 2.32. The van der Waals surface area contributed by atoms with E-state index in [4.69, 9.17) is 9.47 Å². The molecule has 0 spiro atoms. The summed E-state index contributed by atoms with van der Waals surface area (Å²) in [5.41, 5.74) is 3.21. The zero-order valence-corrected chi connectivity index (χ0v) is 18.9. The first-order valence-corrected chi connectivity index (χ1v) is 10.7. The Morgan fingerprint density at radius 3 is 2.50 bits per heavy atom. The highest BCUT2D eigenvalue weighted by Crippen LogP contribution is 2.38. The molecule has 1 N–H and O–H groups in total. The molecule has 1 aliphatic heterocycles. The van der Waals surface area contributed by atoms with Gasteiger partial charge in [0.05, 0.1) is 11.1 Å². The fourth-order valence-corrected chi connectivity index (χ4v) is 3.65. The molecule has 2 aromatic rings. The van der Waals surface area contributed by atoms with Crippen molar-refractivity contribution < 1.29 is 19.1 Å². The molecule has 3 amide bonds. The normalized spacial score (nSPS) is 14.9. The van der Waals surface area contributed by atoms with Crippen LogP contribution in [0.2, 0.25) is 0 Å². The number of halogens is 1. The monoisotopic (exact) mass is 472 g/mol. The van der Waals surface area contributed by atoms with Crippen molar-refractivity contribution in [3.8, 4) is 11.5 Å². The number of carbonyl (C=O) groups is 2. The molecule has 1 aliphatic rings. The van der Waals surface area contributed by atoms with Crippen molar-refractivity contribution in [3.63, 3.8) is 0 Å². The van der Waals surface area contributed by atoms with E-state index in [1.165, 1.54) is 10.5 Å². The van der Waals surface area contributed by atoms with Gasteiger partial charge in [-0.25, -0.2) is 4.79 Å². The third kappa shape index (κ3) is 5.02. The fourth-order valence-electron chi connectivity index (χ4n) is 3.08. The zero-order valence-electron chi connectivity index (χ0n) is 17.3. The quantitative estimate of drug-likeness (QED) is 0.431. The topological polar surface area (TPSA) is 67.9 Å². The molecule has 6 nitrogen and oxygen atoms in total. The number of ether oxygens (including phenoxy) is 2. The van der Waals surface area contributed by atoms with E-state index in [2.05, 4.69) is 21.2 Å². The zero-order chi connectivity index (χ0) is 21.7. The predicted molar refractivity (Wildman–Crippen MR) is 119 cm³/mol. The van der Waals surface area contributed by atoms with Crippen LogP contribution in [0.3, 0.4) is 0 Å². The van der Waals surface area contributed by atoms with Crippen LogP contribution in [0.1, 0.15) is 37.0 Å². The second-order valence-electron chi connectivity index (χ2n) is 6.98. The van der Waals surface area contributed by atoms with Gasteiger partial charge in [-0.3, -0.25) is 9.69 Å². The third-order valence-electron chi connectivity index (χ3n) is 4.56. The van der Waals surface area contributed by atoms with Crippen LogP contribution in [-0.2, 0) is 11.4 Å². The van der Waals surface area contributed by atoms with Gasteiger partial charge >= 0.3 is 6.03 Å². The molecule has 7 heteroatoms. The van der Waals surface area contributed by atoms with Gasteiger partial charge in [0, 0.05) is 6.54 Å². The number of nitrogens with one attached hydrogen (secondary N) is 1. The average molecular weight is 473 g/mol. The van der Waals surface area contributed by atoms with Crippen LogP contribution >= 0.6 is 15.9 Å². The Morgan fingerprint density at radius 1 is 1.10 bits per heavy atom. The Balaban J connectivity index is 1.85. The molecule has 1 saturated heterocycles. The van der Waals surface area contributed by atoms with Crippen LogP contribution in [0.4, 0.5) is 4.79 Å². The first-order chi connectivity index (χ1) is 14.4. The van der Waals surface area contributed by atoms with Gasteiger partial charge in [0.25, 0.3) is 5.91 Å². The van der Waals surface area contributed by atoms with Gasteiger partial charge in [0.1, 0.15) is 12.3 Å². The highest BCUT2D eigenvalue weighted by molar-refractivity contribution is 9.10. The lowest BCUT2D eigenvalue weighted by molar-refractivity contribution is -0.122. The maximum absolute atomic E-state index is 12.5. The van der Waals surface area contributed by atoms with E-state index in [1.54, 1.807) is 12.1 Å². The molecule has 0 unspecified atom stereocenters. The largest absolute Gasteiger partial charge is 0.490 e. The molecule has 0 saturated carbocycles. The average Bonchev–Trinajstić information content (AvgIpc) is 2.97. The number of imide groups is 1. The van der Waals surface area contributed by atoms with Crippen LogP contribution < -0.4 is 14.8 Å².